The van der Waals surface area contributed by atoms with Crippen LogP contribution in [0.1, 0.15) is 5.69 Å². The molecule has 2 N–H and O–H groups in total. The molecular weight excluding hydrogens is 214 g/mol. The number of carbonyl (C=O) groups is 2. The van der Waals surface area contributed by atoms with Crippen molar-refractivity contribution < 1.29 is 19.5 Å². The lowest BCUT2D eigenvalue weighted by molar-refractivity contribution is -0.147. The predicted octanol–water partition coefficient (Wildman–Crippen LogP) is -0.434. The standard InChI is InChI=1S/C9H11N3O4/c1-12-7(4-5-10-12)2-3-8(13)11-16-6-9(14)15/h2-5H,6H2,1H3,(H,11,13)(H,14,15)/b3-2+. The van der Waals surface area contributed by atoms with Crippen LogP contribution in [0.5, 0.6) is 0 Å². The zero-order valence-corrected chi connectivity index (χ0v) is 8.58. The van der Waals surface area contributed by atoms with Crippen LogP contribution in [0.4, 0.5) is 0 Å². The summed E-state index contributed by atoms with van der Waals surface area (Å²) < 4.78 is 1.59. The van der Waals surface area contributed by atoms with Gasteiger partial charge < -0.3 is 5.11 Å². The van der Waals surface area contributed by atoms with Gasteiger partial charge in [-0.1, -0.05) is 0 Å². The Morgan fingerprint density at radius 2 is 2.44 bits per heavy atom. The van der Waals surface area contributed by atoms with Gasteiger partial charge in [0, 0.05) is 19.3 Å². The molecule has 1 aromatic heterocycles. The van der Waals surface area contributed by atoms with Crippen LogP contribution in [0.25, 0.3) is 6.08 Å². The minimum absolute atomic E-state index is 0.539. The van der Waals surface area contributed by atoms with E-state index in [0.29, 0.717) is 0 Å². The molecule has 1 rings (SSSR count). The van der Waals surface area contributed by atoms with Gasteiger partial charge in [0.2, 0.25) is 0 Å². The minimum atomic E-state index is -1.16. The first kappa shape index (κ1) is 11.9. The van der Waals surface area contributed by atoms with Crippen molar-refractivity contribution in [1.29, 1.82) is 0 Å². The molecule has 1 heterocycles. The number of rotatable bonds is 5. The average molecular weight is 225 g/mol. The molecule has 0 unspecified atom stereocenters. The maximum Gasteiger partial charge on any atom is 0.332 e. The zero-order chi connectivity index (χ0) is 12.0. The molecule has 7 heteroatoms. The number of amides is 1. The van der Waals surface area contributed by atoms with Crippen molar-refractivity contribution in [3.8, 4) is 0 Å². The molecule has 0 aliphatic carbocycles. The average Bonchev–Trinajstić information content (AvgIpc) is 2.60. The number of hydroxylamine groups is 1. The molecule has 0 bridgehead atoms. The summed E-state index contributed by atoms with van der Waals surface area (Å²) in [7, 11) is 1.73. The maximum atomic E-state index is 11.1. The van der Waals surface area contributed by atoms with Crippen molar-refractivity contribution >= 4 is 18.0 Å². The van der Waals surface area contributed by atoms with E-state index in [-0.39, 0.29) is 0 Å². The number of carboxylic acids is 1. The Bertz CT molecular complexity index is 411. The number of hydrogen-bond donors (Lipinski definition) is 2. The van der Waals surface area contributed by atoms with Gasteiger partial charge in [0.05, 0.1) is 5.69 Å². The minimum Gasteiger partial charge on any atom is -0.479 e. The first-order chi connectivity index (χ1) is 7.59. The van der Waals surface area contributed by atoms with Gasteiger partial charge in [0.1, 0.15) is 0 Å². The zero-order valence-electron chi connectivity index (χ0n) is 8.58. The Hall–Kier alpha value is -2.15. The Morgan fingerprint density at radius 1 is 1.69 bits per heavy atom. The summed E-state index contributed by atoms with van der Waals surface area (Å²) >= 11 is 0. The molecular formula is C9H11N3O4. The summed E-state index contributed by atoms with van der Waals surface area (Å²) in [6.45, 7) is -0.578. The van der Waals surface area contributed by atoms with Gasteiger partial charge in [0.15, 0.2) is 6.61 Å². The molecule has 0 radical (unpaired) electrons. The van der Waals surface area contributed by atoms with Crippen LogP contribution in [0.3, 0.4) is 0 Å². The van der Waals surface area contributed by atoms with Gasteiger partial charge in [-0.05, 0) is 12.1 Å². The summed E-state index contributed by atoms with van der Waals surface area (Å²) in [6, 6.07) is 1.72. The van der Waals surface area contributed by atoms with E-state index in [1.54, 1.807) is 24.0 Å². The second kappa shape index (κ2) is 5.66. The topological polar surface area (TPSA) is 93.5 Å². The Morgan fingerprint density at radius 3 is 3.00 bits per heavy atom. The summed E-state index contributed by atoms with van der Waals surface area (Å²) in [5.41, 5.74) is 2.70. The third-order valence-corrected chi connectivity index (χ3v) is 1.63. The number of nitrogens with one attached hydrogen (secondary N) is 1. The summed E-state index contributed by atoms with van der Waals surface area (Å²) in [5.74, 6) is -1.70. The van der Waals surface area contributed by atoms with Crippen molar-refractivity contribution in [3.05, 3.63) is 24.0 Å². The van der Waals surface area contributed by atoms with Gasteiger partial charge in [-0.25, -0.2) is 10.3 Å². The molecule has 86 valence electrons. The fourth-order valence-corrected chi connectivity index (χ4v) is 0.912. The van der Waals surface area contributed by atoms with E-state index < -0.39 is 18.5 Å². The molecule has 0 aliphatic rings. The highest BCUT2D eigenvalue weighted by molar-refractivity contribution is 5.90. The van der Waals surface area contributed by atoms with E-state index >= 15 is 0 Å². The number of aliphatic carboxylic acids is 1. The number of aryl methyl sites for hydroxylation is 1. The smallest absolute Gasteiger partial charge is 0.332 e. The molecule has 16 heavy (non-hydrogen) atoms. The SMILES string of the molecule is Cn1nccc1/C=C/C(=O)NOCC(=O)O. The van der Waals surface area contributed by atoms with Gasteiger partial charge >= 0.3 is 5.97 Å². The van der Waals surface area contributed by atoms with Crippen LogP contribution in [0.2, 0.25) is 0 Å². The third-order valence-electron chi connectivity index (χ3n) is 1.63. The lowest BCUT2D eigenvalue weighted by Crippen LogP contribution is -2.24. The quantitative estimate of drug-likeness (QED) is 0.523. The van der Waals surface area contributed by atoms with Crippen LogP contribution < -0.4 is 5.48 Å². The molecule has 7 nitrogen and oxygen atoms in total. The third kappa shape index (κ3) is 3.93. The van der Waals surface area contributed by atoms with Crippen LogP contribution in [-0.4, -0.2) is 33.4 Å². The molecule has 0 aromatic carbocycles. The Kier molecular flexibility index (Phi) is 4.22. The van der Waals surface area contributed by atoms with Crippen molar-refractivity contribution in [2.24, 2.45) is 7.05 Å². The molecule has 0 fully saturated rings. The normalized spacial score (nSPS) is 10.6. The second-order valence-electron chi connectivity index (χ2n) is 2.86. The number of aromatic nitrogens is 2. The van der Waals surface area contributed by atoms with E-state index in [4.69, 9.17) is 5.11 Å². The predicted molar refractivity (Wildman–Crippen MR) is 54.0 cm³/mol. The highest BCUT2D eigenvalue weighted by Gasteiger charge is 1.99. The molecule has 1 aromatic rings. The van der Waals surface area contributed by atoms with E-state index in [0.717, 1.165) is 5.69 Å². The molecule has 0 saturated heterocycles. The summed E-state index contributed by atoms with van der Waals surface area (Å²) in [4.78, 5) is 25.5. The van der Waals surface area contributed by atoms with Crippen LogP contribution in [0.15, 0.2) is 18.3 Å². The van der Waals surface area contributed by atoms with Crippen molar-refractivity contribution in [3.63, 3.8) is 0 Å². The van der Waals surface area contributed by atoms with Crippen LogP contribution >= 0.6 is 0 Å². The number of carboxylic acid groups (broad SMARTS) is 1. The largest absolute Gasteiger partial charge is 0.479 e. The number of carbonyl (C=O) groups excluding carboxylic acids is 1. The van der Waals surface area contributed by atoms with Crippen molar-refractivity contribution in [1.82, 2.24) is 15.3 Å². The molecule has 0 saturated carbocycles. The monoisotopic (exact) mass is 225 g/mol. The number of nitrogens with zero attached hydrogens (tertiary/aromatic N) is 2. The fourth-order valence-electron chi connectivity index (χ4n) is 0.912. The highest BCUT2D eigenvalue weighted by Crippen LogP contribution is 1.98. The maximum absolute atomic E-state index is 11.1. The van der Waals surface area contributed by atoms with Crippen molar-refractivity contribution in [2.45, 2.75) is 0 Å². The van der Waals surface area contributed by atoms with E-state index in [9.17, 15) is 9.59 Å². The van der Waals surface area contributed by atoms with E-state index in [1.165, 1.54) is 12.2 Å². The highest BCUT2D eigenvalue weighted by atomic mass is 16.7. The number of hydrogen-bond acceptors (Lipinski definition) is 4. The molecule has 1 amide bonds. The molecule has 0 aliphatic heterocycles. The first-order valence-corrected chi connectivity index (χ1v) is 4.39. The van der Waals surface area contributed by atoms with Gasteiger partial charge in [0.25, 0.3) is 5.91 Å². The summed E-state index contributed by atoms with van der Waals surface area (Å²) in [5, 5.41) is 12.1. The Balaban J connectivity index is 2.37. The van der Waals surface area contributed by atoms with Crippen LogP contribution in [0, 0.1) is 0 Å². The lowest BCUT2D eigenvalue weighted by Gasteiger charge is -1.99. The molecule has 0 atom stereocenters. The first-order valence-electron chi connectivity index (χ1n) is 4.39. The lowest BCUT2D eigenvalue weighted by atomic mass is 10.4. The van der Waals surface area contributed by atoms with Gasteiger partial charge in [-0.15, -0.1) is 0 Å². The van der Waals surface area contributed by atoms with Gasteiger partial charge in [-0.2, -0.15) is 5.10 Å². The molecule has 0 spiro atoms. The van der Waals surface area contributed by atoms with Crippen LogP contribution in [-0.2, 0) is 21.5 Å². The van der Waals surface area contributed by atoms with E-state index in [2.05, 4.69) is 9.94 Å². The Labute approximate surface area is 91.3 Å². The fraction of sp³-hybridized carbons (Fsp3) is 0.222. The summed E-state index contributed by atoms with van der Waals surface area (Å²) in [6.07, 6.45) is 4.35. The van der Waals surface area contributed by atoms with Gasteiger partial charge in [-0.3, -0.25) is 14.3 Å². The second-order valence-corrected chi connectivity index (χ2v) is 2.86. The van der Waals surface area contributed by atoms with E-state index in [1.807, 2.05) is 5.48 Å². The van der Waals surface area contributed by atoms with Crippen molar-refractivity contribution in [2.75, 3.05) is 6.61 Å².